The summed E-state index contributed by atoms with van der Waals surface area (Å²) in [5.74, 6) is -0.225. The lowest BCUT2D eigenvalue weighted by Gasteiger charge is -2.19. The summed E-state index contributed by atoms with van der Waals surface area (Å²) in [5, 5.41) is 3.45. The highest BCUT2D eigenvalue weighted by Crippen LogP contribution is 2.32. The molecule has 1 aromatic heterocycles. The van der Waals surface area contributed by atoms with Gasteiger partial charge in [0.1, 0.15) is 0 Å². The maximum Gasteiger partial charge on any atom is 0.255 e. The van der Waals surface area contributed by atoms with Crippen LogP contribution < -0.4 is 16.0 Å². The maximum atomic E-state index is 12.3. The molecule has 0 unspecified atom stereocenters. The number of halogens is 1. The highest BCUT2D eigenvalue weighted by Gasteiger charge is 2.13. The zero-order valence-electron chi connectivity index (χ0n) is 11.9. The van der Waals surface area contributed by atoms with Crippen LogP contribution in [-0.4, -0.2) is 25.0 Å². The Bertz CT molecular complexity index is 658. The number of hydrogen-bond acceptors (Lipinski definition) is 4. The number of carbonyl (C=O) groups is 1. The lowest BCUT2D eigenvalue weighted by molar-refractivity contribution is 0.102. The van der Waals surface area contributed by atoms with E-state index in [1.54, 1.807) is 30.5 Å². The van der Waals surface area contributed by atoms with E-state index in [1.807, 2.05) is 25.1 Å². The van der Waals surface area contributed by atoms with Gasteiger partial charge in [0.2, 0.25) is 0 Å². The Balaban J connectivity index is 2.29. The van der Waals surface area contributed by atoms with Crippen molar-refractivity contribution in [1.29, 1.82) is 0 Å². The fourth-order valence-electron chi connectivity index (χ4n) is 2.00. The summed E-state index contributed by atoms with van der Waals surface area (Å²) in [7, 11) is 3.74. The number of carbonyl (C=O) groups excluding carboxylic acids is 1. The van der Waals surface area contributed by atoms with Gasteiger partial charge in [-0.3, -0.25) is 9.78 Å². The molecule has 5 nitrogen and oxygen atoms in total. The standard InChI is InChI=1S/C15H17ClN4O/c1-20(2)14-12(16)4-3-5-13(14)19-15(21)10-6-7-18-11(8-10)9-17/h3-8H,9,17H2,1-2H3,(H,19,21). The third-order valence-electron chi connectivity index (χ3n) is 2.97. The van der Waals surface area contributed by atoms with Crippen LogP contribution in [0, 0.1) is 0 Å². The van der Waals surface area contributed by atoms with E-state index in [-0.39, 0.29) is 5.91 Å². The number of hydrogen-bond donors (Lipinski definition) is 2. The number of nitrogens with one attached hydrogen (secondary N) is 1. The summed E-state index contributed by atoms with van der Waals surface area (Å²) in [4.78, 5) is 18.3. The molecule has 110 valence electrons. The van der Waals surface area contributed by atoms with Crippen molar-refractivity contribution in [3.8, 4) is 0 Å². The minimum Gasteiger partial charge on any atom is -0.375 e. The van der Waals surface area contributed by atoms with Gasteiger partial charge in [-0.2, -0.15) is 0 Å². The Labute approximate surface area is 128 Å². The van der Waals surface area contributed by atoms with Gasteiger partial charge in [-0.05, 0) is 24.3 Å². The van der Waals surface area contributed by atoms with Crippen molar-refractivity contribution in [2.75, 3.05) is 24.3 Å². The summed E-state index contributed by atoms with van der Waals surface area (Å²) in [6.45, 7) is 0.293. The number of nitrogens with zero attached hydrogens (tertiary/aromatic N) is 2. The predicted octanol–water partition coefficient (Wildman–Crippen LogP) is 2.51. The van der Waals surface area contributed by atoms with Crippen LogP contribution in [0.1, 0.15) is 16.1 Å². The van der Waals surface area contributed by atoms with E-state index in [0.717, 1.165) is 5.69 Å². The molecule has 1 amide bonds. The minimum absolute atomic E-state index is 0.225. The molecular weight excluding hydrogens is 288 g/mol. The summed E-state index contributed by atoms with van der Waals surface area (Å²) in [5.41, 5.74) is 8.13. The zero-order chi connectivity index (χ0) is 15.4. The van der Waals surface area contributed by atoms with Gasteiger partial charge in [-0.25, -0.2) is 0 Å². The summed E-state index contributed by atoms with van der Waals surface area (Å²) < 4.78 is 0. The van der Waals surface area contributed by atoms with E-state index in [1.165, 1.54) is 0 Å². The molecule has 0 aliphatic heterocycles. The van der Waals surface area contributed by atoms with E-state index in [2.05, 4.69) is 10.3 Å². The molecule has 3 N–H and O–H groups in total. The molecule has 1 aromatic carbocycles. The molecule has 0 aliphatic carbocycles. The summed E-state index contributed by atoms with van der Waals surface area (Å²) in [6.07, 6.45) is 1.57. The molecule has 0 saturated carbocycles. The number of benzene rings is 1. The number of pyridine rings is 1. The number of para-hydroxylation sites is 1. The van der Waals surface area contributed by atoms with Crippen molar-refractivity contribution >= 4 is 28.9 Å². The van der Waals surface area contributed by atoms with E-state index in [0.29, 0.717) is 28.5 Å². The molecule has 6 heteroatoms. The van der Waals surface area contributed by atoms with Crippen molar-refractivity contribution < 1.29 is 4.79 Å². The molecule has 21 heavy (non-hydrogen) atoms. The lowest BCUT2D eigenvalue weighted by atomic mass is 10.2. The van der Waals surface area contributed by atoms with Crippen LogP contribution in [0.5, 0.6) is 0 Å². The zero-order valence-corrected chi connectivity index (χ0v) is 12.7. The first kappa shape index (κ1) is 15.3. The average molecular weight is 305 g/mol. The van der Waals surface area contributed by atoms with Crippen LogP contribution >= 0.6 is 11.6 Å². The van der Waals surface area contributed by atoms with Crippen molar-refractivity contribution in [1.82, 2.24) is 4.98 Å². The molecule has 0 fully saturated rings. The molecular formula is C15H17ClN4O. The summed E-state index contributed by atoms with van der Waals surface area (Å²) in [6, 6.07) is 8.71. The Morgan fingerprint density at radius 3 is 2.81 bits per heavy atom. The predicted molar refractivity (Wildman–Crippen MR) is 85.9 cm³/mol. The maximum absolute atomic E-state index is 12.3. The second-order valence-corrected chi connectivity index (χ2v) is 5.13. The van der Waals surface area contributed by atoms with Gasteiger partial charge in [0.25, 0.3) is 5.91 Å². The van der Waals surface area contributed by atoms with Crippen LogP contribution in [0.15, 0.2) is 36.5 Å². The van der Waals surface area contributed by atoms with Gasteiger partial charge in [0.05, 0.1) is 22.1 Å². The highest BCUT2D eigenvalue weighted by molar-refractivity contribution is 6.34. The van der Waals surface area contributed by atoms with Crippen LogP contribution in [0.25, 0.3) is 0 Å². The third kappa shape index (κ3) is 3.51. The second-order valence-electron chi connectivity index (χ2n) is 4.72. The van der Waals surface area contributed by atoms with Crippen molar-refractivity contribution in [2.24, 2.45) is 5.73 Å². The van der Waals surface area contributed by atoms with Crippen LogP contribution in [0.2, 0.25) is 5.02 Å². The number of anilines is 2. The lowest BCUT2D eigenvalue weighted by Crippen LogP contribution is -2.17. The molecule has 1 heterocycles. The van der Waals surface area contributed by atoms with Crippen LogP contribution in [0.3, 0.4) is 0 Å². The van der Waals surface area contributed by atoms with E-state index in [9.17, 15) is 4.79 Å². The van der Waals surface area contributed by atoms with Gasteiger partial charge in [-0.15, -0.1) is 0 Å². The SMILES string of the molecule is CN(C)c1c(Cl)cccc1NC(=O)c1ccnc(CN)c1. The minimum atomic E-state index is -0.225. The third-order valence-corrected chi connectivity index (χ3v) is 3.28. The van der Waals surface area contributed by atoms with E-state index in [4.69, 9.17) is 17.3 Å². The van der Waals surface area contributed by atoms with Gasteiger partial charge >= 0.3 is 0 Å². The number of rotatable bonds is 4. The highest BCUT2D eigenvalue weighted by atomic mass is 35.5. The molecule has 2 aromatic rings. The fourth-order valence-corrected chi connectivity index (χ4v) is 2.34. The molecule has 0 aliphatic rings. The van der Waals surface area contributed by atoms with Gasteiger partial charge in [0.15, 0.2) is 0 Å². The van der Waals surface area contributed by atoms with Crippen molar-refractivity contribution in [3.05, 3.63) is 52.8 Å². The quantitative estimate of drug-likeness (QED) is 0.910. The Morgan fingerprint density at radius 1 is 1.38 bits per heavy atom. The van der Waals surface area contributed by atoms with Crippen LogP contribution in [0.4, 0.5) is 11.4 Å². The van der Waals surface area contributed by atoms with Gasteiger partial charge in [-0.1, -0.05) is 17.7 Å². The largest absolute Gasteiger partial charge is 0.375 e. The number of aromatic nitrogens is 1. The topological polar surface area (TPSA) is 71.2 Å². The molecule has 0 saturated heterocycles. The van der Waals surface area contributed by atoms with Crippen LogP contribution in [-0.2, 0) is 6.54 Å². The smallest absolute Gasteiger partial charge is 0.255 e. The molecule has 0 atom stereocenters. The monoisotopic (exact) mass is 304 g/mol. The first-order valence-corrected chi connectivity index (χ1v) is 6.83. The van der Waals surface area contributed by atoms with Crippen molar-refractivity contribution in [2.45, 2.75) is 6.54 Å². The molecule has 0 radical (unpaired) electrons. The van der Waals surface area contributed by atoms with Gasteiger partial charge in [0, 0.05) is 32.4 Å². The number of amides is 1. The first-order chi connectivity index (χ1) is 10.0. The van der Waals surface area contributed by atoms with Crippen molar-refractivity contribution in [3.63, 3.8) is 0 Å². The van der Waals surface area contributed by atoms with Gasteiger partial charge < -0.3 is 16.0 Å². The van der Waals surface area contributed by atoms with E-state index < -0.39 is 0 Å². The fraction of sp³-hybridized carbons (Fsp3) is 0.200. The molecule has 0 bridgehead atoms. The summed E-state index contributed by atoms with van der Waals surface area (Å²) >= 11 is 6.18. The van der Waals surface area contributed by atoms with E-state index >= 15 is 0 Å². The second kappa shape index (κ2) is 6.56. The Morgan fingerprint density at radius 2 is 2.14 bits per heavy atom. The Kier molecular flexibility index (Phi) is 4.77. The molecule has 2 rings (SSSR count). The number of nitrogens with two attached hydrogens (primary N) is 1. The Hall–Kier alpha value is -2.11. The average Bonchev–Trinajstić information content (AvgIpc) is 2.47. The molecule has 0 spiro atoms. The normalized spacial score (nSPS) is 10.3. The first-order valence-electron chi connectivity index (χ1n) is 6.45.